The summed E-state index contributed by atoms with van der Waals surface area (Å²) in [7, 11) is 0.990. The highest BCUT2D eigenvalue weighted by molar-refractivity contribution is 9.10. The lowest BCUT2D eigenvalue weighted by Crippen LogP contribution is -2.50. The molecule has 2 aromatic rings. The maximum atomic E-state index is 16.3. The first-order valence-corrected chi connectivity index (χ1v) is 12.2. The molecular weight excluding hydrogens is 505 g/mol. The van der Waals surface area contributed by atoms with E-state index in [2.05, 4.69) is 20.7 Å². The van der Waals surface area contributed by atoms with Gasteiger partial charge in [-0.25, -0.2) is 9.18 Å². The normalized spacial score (nSPS) is 18.6. The molecule has 0 bridgehead atoms. The topological polar surface area (TPSA) is 83.9 Å². The van der Waals surface area contributed by atoms with Gasteiger partial charge in [-0.2, -0.15) is 0 Å². The molecule has 34 heavy (non-hydrogen) atoms. The van der Waals surface area contributed by atoms with Crippen molar-refractivity contribution < 1.29 is 28.6 Å². The Kier molecular flexibility index (Phi) is 8.60. The molecular formula is C26H29BrFNO5. The van der Waals surface area contributed by atoms with E-state index >= 15 is 4.39 Å². The van der Waals surface area contributed by atoms with E-state index in [-0.39, 0.29) is 12.1 Å². The third kappa shape index (κ3) is 5.23. The molecule has 182 valence electrons. The van der Waals surface area contributed by atoms with Crippen molar-refractivity contribution in [1.29, 1.82) is 0 Å². The fourth-order valence-electron chi connectivity index (χ4n) is 4.29. The number of ether oxygens (including phenoxy) is 1. The molecule has 2 amide bonds. The van der Waals surface area contributed by atoms with Crippen molar-refractivity contribution in [2.45, 2.75) is 50.8 Å². The van der Waals surface area contributed by atoms with Crippen LogP contribution in [-0.2, 0) is 19.1 Å². The Hall–Kier alpha value is -2.58. The van der Waals surface area contributed by atoms with Gasteiger partial charge >= 0.3 is 5.97 Å². The third-order valence-corrected chi connectivity index (χ3v) is 6.82. The van der Waals surface area contributed by atoms with E-state index in [1.54, 1.807) is 12.1 Å². The van der Waals surface area contributed by atoms with Crippen LogP contribution in [-0.4, -0.2) is 47.1 Å². The van der Waals surface area contributed by atoms with Crippen LogP contribution in [0.1, 0.15) is 50.7 Å². The van der Waals surface area contributed by atoms with Crippen LogP contribution in [0.15, 0.2) is 53.0 Å². The minimum atomic E-state index is -3.10. The Morgan fingerprint density at radius 3 is 2.26 bits per heavy atom. The molecule has 0 aliphatic carbocycles. The molecule has 0 saturated carbocycles. The number of rotatable bonds is 10. The van der Waals surface area contributed by atoms with Crippen molar-refractivity contribution in [3.63, 3.8) is 0 Å². The fourth-order valence-corrected chi connectivity index (χ4v) is 4.55. The van der Waals surface area contributed by atoms with E-state index in [9.17, 15) is 19.5 Å². The minimum absolute atomic E-state index is 0.107. The average molecular weight is 534 g/mol. The standard InChI is InChI=1S/C26H29BrFNO5/c1-3-4-5-6-15-29-22(30)16-21(24(29)32)26(28,25(33)34-2)23(31)19-9-7-17(8-10-19)18-11-13-20(27)14-12-18/h7-14,21,23,31H,3-6,15-16H2,1-2H3/t21?,23-,26+/m1/s1. The van der Waals surface area contributed by atoms with Gasteiger partial charge in [0.15, 0.2) is 0 Å². The summed E-state index contributed by atoms with van der Waals surface area (Å²) in [5.74, 6) is -4.37. The number of hydrogen-bond donors (Lipinski definition) is 1. The molecule has 0 spiro atoms. The summed E-state index contributed by atoms with van der Waals surface area (Å²) >= 11 is 3.38. The number of amides is 2. The van der Waals surface area contributed by atoms with Crippen molar-refractivity contribution in [2.75, 3.05) is 13.7 Å². The molecule has 0 radical (unpaired) electrons. The smallest absolute Gasteiger partial charge is 0.347 e. The van der Waals surface area contributed by atoms with Gasteiger partial charge in [0.1, 0.15) is 6.10 Å². The number of halogens is 2. The van der Waals surface area contributed by atoms with Crippen molar-refractivity contribution >= 4 is 33.7 Å². The number of alkyl halides is 1. The van der Waals surface area contributed by atoms with Crippen LogP contribution < -0.4 is 0 Å². The van der Waals surface area contributed by atoms with Crippen molar-refractivity contribution in [3.8, 4) is 11.1 Å². The number of esters is 1. The van der Waals surface area contributed by atoms with E-state index in [1.807, 2.05) is 31.2 Å². The van der Waals surface area contributed by atoms with Gasteiger partial charge in [-0.3, -0.25) is 14.5 Å². The summed E-state index contributed by atoms with van der Waals surface area (Å²) in [5.41, 5.74) is -1.25. The molecule has 6 nitrogen and oxygen atoms in total. The number of aliphatic hydroxyl groups is 1. The second-order valence-corrected chi connectivity index (χ2v) is 9.41. The number of imide groups is 1. The zero-order chi connectivity index (χ0) is 24.9. The Morgan fingerprint density at radius 2 is 1.71 bits per heavy atom. The summed E-state index contributed by atoms with van der Waals surface area (Å²) in [6.07, 6.45) is 0.920. The van der Waals surface area contributed by atoms with E-state index in [0.717, 1.165) is 46.9 Å². The van der Waals surface area contributed by atoms with Crippen LogP contribution in [0.4, 0.5) is 4.39 Å². The van der Waals surface area contributed by atoms with Gasteiger partial charge in [-0.1, -0.05) is 78.5 Å². The highest BCUT2D eigenvalue weighted by Crippen LogP contribution is 2.43. The van der Waals surface area contributed by atoms with E-state index < -0.39 is 41.9 Å². The number of benzene rings is 2. The first-order valence-electron chi connectivity index (χ1n) is 11.4. The van der Waals surface area contributed by atoms with Gasteiger partial charge in [0.25, 0.3) is 0 Å². The third-order valence-electron chi connectivity index (χ3n) is 6.29. The molecule has 0 aromatic heterocycles. The number of carbonyl (C=O) groups is 3. The van der Waals surface area contributed by atoms with E-state index in [4.69, 9.17) is 0 Å². The number of nitrogens with zero attached hydrogens (tertiary/aromatic N) is 1. The zero-order valence-corrected chi connectivity index (χ0v) is 20.9. The minimum Gasteiger partial charge on any atom is -0.467 e. The highest BCUT2D eigenvalue weighted by atomic mass is 79.9. The quantitative estimate of drug-likeness (QED) is 0.264. The summed E-state index contributed by atoms with van der Waals surface area (Å²) in [6, 6.07) is 14.0. The first-order chi connectivity index (χ1) is 16.2. The average Bonchev–Trinajstić information content (AvgIpc) is 3.14. The Bertz CT molecular complexity index is 1030. The molecule has 1 heterocycles. The maximum Gasteiger partial charge on any atom is 0.347 e. The lowest BCUT2D eigenvalue weighted by Gasteiger charge is -2.32. The number of likely N-dealkylation sites (tertiary alicyclic amines) is 1. The Balaban J connectivity index is 1.85. The zero-order valence-electron chi connectivity index (χ0n) is 19.3. The van der Waals surface area contributed by atoms with Gasteiger partial charge in [0, 0.05) is 17.4 Å². The van der Waals surface area contributed by atoms with Crippen LogP contribution in [0.25, 0.3) is 11.1 Å². The van der Waals surface area contributed by atoms with E-state index in [0.29, 0.717) is 6.42 Å². The highest BCUT2D eigenvalue weighted by Gasteiger charge is 2.61. The molecule has 3 atom stereocenters. The molecule has 1 saturated heterocycles. The Morgan fingerprint density at radius 1 is 1.12 bits per heavy atom. The summed E-state index contributed by atoms with van der Waals surface area (Å²) < 4.78 is 21.9. The molecule has 1 unspecified atom stereocenters. The van der Waals surface area contributed by atoms with Gasteiger partial charge in [-0.15, -0.1) is 0 Å². The second kappa shape index (κ2) is 11.2. The molecule has 1 aliphatic heterocycles. The summed E-state index contributed by atoms with van der Waals surface area (Å²) in [6.45, 7) is 2.21. The van der Waals surface area contributed by atoms with Crippen LogP contribution in [0.5, 0.6) is 0 Å². The predicted molar refractivity (Wildman–Crippen MR) is 129 cm³/mol. The van der Waals surface area contributed by atoms with Crippen LogP contribution in [0.2, 0.25) is 0 Å². The van der Waals surface area contributed by atoms with Crippen LogP contribution in [0, 0.1) is 5.92 Å². The van der Waals surface area contributed by atoms with Crippen LogP contribution in [0.3, 0.4) is 0 Å². The second-order valence-electron chi connectivity index (χ2n) is 8.49. The molecule has 3 rings (SSSR count). The largest absolute Gasteiger partial charge is 0.467 e. The molecule has 8 heteroatoms. The summed E-state index contributed by atoms with van der Waals surface area (Å²) in [5, 5.41) is 11.0. The maximum absolute atomic E-state index is 16.3. The SMILES string of the molecule is CCCCCCN1C(=O)CC([C@@](F)(C(=O)OC)[C@H](O)c2ccc(-c3ccc(Br)cc3)cc2)C1=O. The van der Waals surface area contributed by atoms with Gasteiger partial charge < -0.3 is 9.84 Å². The van der Waals surface area contributed by atoms with Gasteiger partial charge in [0.2, 0.25) is 17.5 Å². The summed E-state index contributed by atoms with van der Waals surface area (Å²) in [4.78, 5) is 39.1. The lowest BCUT2D eigenvalue weighted by atomic mass is 9.80. The number of unbranched alkanes of at least 4 members (excludes halogenated alkanes) is 3. The number of aliphatic hydroxyl groups excluding tert-OH is 1. The lowest BCUT2D eigenvalue weighted by molar-refractivity contribution is -0.174. The van der Waals surface area contributed by atoms with Gasteiger partial charge in [-0.05, 0) is 35.2 Å². The van der Waals surface area contributed by atoms with Crippen LogP contribution >= 0.6 is 15.9 Å². The van der Waals surface area contributed by atoms with Crippen molar-refractivity contribution in [2.24, 2.45) is 5.92 Å². The van der Waals surface area contributed by atoms with Crippen molar-refractivity contribution in [3.05, 3.63) is 58.6 Å². The first kappa shape index (κ1) is 26.0. The molecule has 1 N–H and O–H groups in total. The molecule has 2 aromatic carbocycles. The molecule has 1 aliphatic rings. The number of methoxy groups -OCH3 is 1. The fraction of sp³-hybridized carbons (Fsp3) is 0.423. The number of carbonyl (C=O) groups excluding carboxylic acids is 3. The number of hydrogen-bond acceptors (Lipinski definition) is 5. The van der Waals surface area contributed by atoms with Gasteiger partial charge in [0.05, 0.1) is 13.0 Å². The Labute approximate surface area is 207 Å². The van der Waals surface area contributed by atoms with Crippen molar-refractivity contribution in [1.82, 2.24) is 4.90 Å². The molecule has 1 fully saturated rings. The van der Waals surface area contributed by atoms with E-state index in [1.165, 1.54) is 12.1 Å². The monoisotopic (exact) mass is 533 g/mol. The predicted octanol–water partition coefficient (Wildman–Crippen LogP) is 4.99.